The molecule has 1 aliphatic carbocycles. The van der Waals surface area contributed by atoms with Crippen LogP contribution in [0.1, 0.15) is 71.1 Å². The van der Waals surface area contributed by atoms with Gasteiger partial charge in [-0.2, -0.15) is 0 Å². The number of nitrogens with two attached hydrogens (primary N) is 1. The predicted octanol–water partition coefficient (Wildman–Crippen LogP) is 3.96. The number of hydrogen-bond donors (Lipinski definition) is 1. The largest absolute Gasteiger partial charge is 0.328 e. The molecule has 1 fully saturated rings. The van der Waals surface area contributed by atoms with Gasteiger partial charge < -0.3 is 5.73 Å². The number of alkyl halides is 1. The number of halogens is 1. The SMILES string of the molecule is CCCCCCCCC1(F)CCC(N)C1. The van der Waals surface area contributed by atoms with Crippen molar-refractivity contribution in [1.82, 2.24) is 0 Å². The molecule has 0 spiro atoms. The van der Waals surface area contributed by atoms with Crippen molar-refractivity contribution in [1.29, 1.82) is 0 Å². The highest BCUT2D eigenvalue weighted by atomic mass is 19.1. The van der Waals surface area contributed by atoms with Crippen LogP contribution >= 0.6 is 0 Å². The molecule has 1 saturated carbocycles. The molecular formula is C13H26FN. The first-order valence-corrected chi connectivity index (χ1v) is 6.61. The molecule has 15 heavy (non-hydrogen) atoms. The molecule has 90 valence electrons. The lowest BCUT2D eigenvalue weighted by Gasteiger charge is -2.18. The summed E-state index contributed by atoms with van der Waals surface area (Å²) in [5, 5.41) is 0. The maximum Gasteiger partial charge on any atom is 0.112 e. The van der Waals surface area contributed by atoms with E-state index in [0.29, 0.717) is 12.8 Å². The fourth-order valence-electron chi connectivity index (χ4n) is 2.57. The second kappa shape index (κ2) is 6.47. The van der Waals surface area contributed by atoms with Gasteiger partial charge in [-0.15, -0.1) is 0 Å². The summed E-state index contributed by atoms with van der Waals surface area (Å²) in [6.07, 6.45) is 10.4. The molecule has 1 rings (SSSR count). The van der Waals surface area contributed by atoms with Crippen molar-refractivity contribution >= 4 is 0 Å². The van der Waals surface area contributed by atoms with Crippen molar-refractivity contribution < 1.29 is 4.39 Å². The van der Waals surface area contributed by atoms with Crippen LogP contribution in [0.2, 0.25) is 0 Å². The van der Waals surface area contributed by atoms with Crippen molar-refractivity contribution in [2.75, 3.05) is 0 Å². The fraction of sp³-hybridized carbons (Fsp3) is 1.00. The van der Waals surface area contributed by atoms with Gasteiger partial charge in [0, 0.05) is 6.04 Å². The van der Waals surface area contributed by atoms with Crippen LogP contribution in [0.3, 0.4) is 0 Å². The molecule has 1 aliphatic rings. The molecule has 2 heteroatoms. The minimum absolute atomic E-state index is 0.120. The van der Waals surface area contributed by atoms with Crippen molar-refractivity contribution in [3.63, 3.8) is 0 Å². The Morgan fingerprint density at radius 1 is 1.20 bits per heavy atom. The lowest BCUT2D eigenvalue weighted by molar-refractivity contribution is 0.152. The van der Waals surface area contributed by atoms with E-state index >= 15 is 0 Å². The molecule has 2 unspecified atom stereocenters. The molecule has 0 aromatic carbocycles. The Morgan fingerprint density at radius 3 is 2.47 bits per heavy atom. The smallest absolute Gasteiger partial charge is 0.112 e. The van der Waals surface area contributed by atoms with Gasteiger partial charge in [0.05, 0.1) is 0 Å². The van der Waals surface area contributed by atoms with Crippen molar-refractivity contribution in [2.45, 2.75) is 82.8 Å². The Kier molecular flexibility index (Phi) is 5.59. The van der Waals surface area contributed by atoms with E-state index in [4.69, 9.17) is 5.73 Å². The molecule has 2 N–H and O–H groups in total. The zero-order chi connectivity index (χ0) is 11.1. The molecule has 0 radical (unpaired) electrons. The molecule has 2 atom stereocenters. The van der Waals surface area contributed by atoms with E-state index in [2.05, 4.69) is 6.92 Å². The van der Waals surface area contributed by atoms with Crippen molar-refractivity contribution in [2.24, 2.45) is 5.73 Å². The van der Waals surface area contributed by atoms with Crippen molar-refractivity contribution in [3.05, 3.63) is 0 Å². The van der Waals surface area contributed by atoms with Crippen LogP contribution in [-0.4, -0.2) is 11.7 Å². The molecule has 0 saturated heterocycles. The summed E-state index contributed by atoms with van der Waals surface area (Å²) in [5.74, 6) is 0. The van der Waals surface area contributed by atoms with Gasteiger partial charge in [0.15, 0.2) is 0 Å². The monoisotopic (exact) mass is 215 g/mol. The van der Waals surface area contributed by atoms with E-state index < -0.39 is 5.67 Å². The van der Waals surface area contributed by atoms with Gasteiger partial charge in [0.25, 0.3) is 0 Å². The van der Waals surface area contributed by atoms with Crippen LogP contribution < -0.4 is 5.73 Å². The highest BCUT2D eigenvalue weighted by molar-refractivity contribution is 4.91. The van der Waals surface area contributed by atoms with Crippen LogP contribution in [-0.2, 0) is 0 Å². The minimum Gasteiger partial charge on any atom is -0.328 e. The van der Waals surface area contributed by atoms with Gasteiger partial charge in [-0.1, -0.05) is 45.4 Å². The van der Waals surface area contributed by atoms with Crippen LogP contribution in [0.25, 0.3) is 0 Å². The van der Waals surface area contributed by atoms with Crippen LogP contribution in [0.15, 0.2) is 0 Å². The minimum atomic E-state index is -0.913. The summed E-state index contributed by atoms with van der Waals surface area (Å²) in [4.78, 5) is 0. The molecule has 1 nitrogen and oxygen atoms in total. The number of unbranched alkanes of at least 4 members (excludes halogenated alkanes) is 5. The van der Waals surface area contributed by atoms with E-state index in [0.717, 1.165) is 19.3 Å². The average Bonchev–Trinajstić information content (AvgIpc) is 2.53. The van der Waals surface area contributed by atoms with E-state index in [9.17, 15) is 4.39 Å². The zero-order valence-electron chi connectivity index (χ0n) is 10.1. The first-order valence-electron chi connectivity index (χ1n) is 6.61. The summed E-state index contributed by atoms with van der Waals surface area (Å²) >= 11 is 0. The van der Waals surface area contributed by atoms with E-state index in [-0.39, 0.29) is 6.04 Å². The highest BCUT2D eigenvalue weighted by Gasteiger charge is 2.36. The summed E-state index contributed by atoms with van der Waals surface area (Å²) < 4.78 is 14.1. The van der Waals surface area contributed by atoms with Crippen LogP contribution in [0.4, 0.5) is 4.39 Å². The van der Waals surface area contributed by atoms with Gasteiger partial charge in [0.2, 0.25) is 0 Å². The quantitative estimate of drug-likeness (QED) is 0.639. The number of hydrogen-bond acceptors (Lipinski definition) is 1. The van der Waals surface area contributed by atoms with Gasteiger partial charge >= 0.3 is 0 Å². The molecule has 0 amide bonds. The number of rotatable bonds is 7. The summed E-state index contributed by atoms with van der Waals surface area (Å²) in [6, 6.07) is 0.120. The third-order valence-electron chi connectivity index (χ3n) is 3.57. The summed E-state index contributed by atoms with van der Waals surface area (Å²) in [5.41, 5.74) is 4.83. The third-order valence-corrected chi connectivity index (χ3v) is 3.57. The maximum absolute atomic E-state index is 14.1. The average molecular weight is 215 g/mol. The van der Waals surface area contributed by atoms with Crippen LogP contribution in [0.5, 0.6) is 0 Å². The predicted molar refractivity (Wildman–Crippen MR) is 63.7 cm³/mol. The van der Waals surface area contributed by atoms with Crippen LogP contribution in [0, 0.1) is 0 Å². The van der Waals surface area contributed by atoms with Gasteiger partial charge in [-0.05, 0) is 25.7 Å². The summed E-state index contributed by atoms with van der Waals surface area (Å²) in [7, 11) is 0. The second-order valence-electron chi connectivity index (χ2n) is 5.17. The van der Waals surface area contributed by atoms with E-state index in [1.54, 1.807) is 0 Å². The Balaban J connectivity index is 2.00. The standard InChI is InChI=1S/C13H26FN/c1-2-3-4-5-6-7-9-13(14)10-8-12(15)11-13/h12H,2-11,15H2,1H3. The lowest BCUT2D eigenvalue weighted by Crippen LogP contribution is -2.23. The van der Waals surface area contributed by atoms with E-state index in [1.807, 2.05) is 0 Å². The maximum atomic E-state index is 14.1. The first kappa shape index (κ1) is 13.0. The normalized spacial score (nSPS) is 31.0. The molecule has 0 aromatic heterocycles. The molecule has 0 aliphatic heterocycles. The Morgan fingerprint density at radius 2 is 1.87 bits per heavy atom. The van der Waals surface area contributed by atoms with E-state index in [1.165, 1.54) is 32.1 Å². The Bertz CT molecular complexity index is 172. The summed E-state index contributed by atoms with van der Waals surface area (Å²) in [6.45, 7) is 2.22. The third kappa shape index (κ3) is 4.96. The molecule has 0 heterocycles. The fourth-order valence-corrected chi connectivity index (χ4v) is 2.57. The molecule has 0 aromatic rings. The second-order valence-corrected chi connectivity index (χ2v) is 5.17. The molecular weight excluding hydrogens is 189 g/mol. The van der Waals surface area contributed by atoms with Gasteiger partial charge in [-0.25, -0.2) is 4.39 Å². The topological polar surface area (TPSA) is 26.0 Å². The Hall–Kier alpha value is -0.110. The first-order chi connectivity index (χ1) is 7.16. The van der Waals surface area contributed by atoms with Gasteiger partial charge in [0.1, 0.15) is 5.67 Å². The highest BCUT2D eigenvalue weighted by Crippen LogP contribution is 2.37. The van der Waals surface area contributed by atoms with Crippen molar-refractivity contribution in [3.8, 4) is 0 Å². The Labute approximate surface area is 93.6 Å². The van der Waals surface area contributed by atoms with Gasteiger partial charge in [-0.3, -0.25) is 0 Å². The zero-order valence-corrected chi connectivity index (χ0v) is 10.1. The lowest BCUT2D eigenvalue weighted by atomic mass is 9.95. The molecule has 0 bridgehead atoms.